The number of nitrogens with zero attached hydrogens (tertiary/aromatic N) is 1. The van der Waals surface area contributed by atoms with Gasteiger partial charge in [0.1, 0.15) is 24.9 Å². The van der Waals surface area contributed by atoms with E-state index in [1.165, 1.54) is 5.06 Å². The van der Waals surface area contributed by atoms with Crippen LogP contribution in [-0.2, 0) is 35.3 Å². The van der Waals surface area contributed by atoms with Crippen LogP contribution in [0, 0.1) is 12.8 Å². The summed E-state index contributed by atoms with van der Waals surface area (Å²) in [5.41, 5.74) is 2.74. The quantitative estimate of drug-likeness (QED) is 0.0670. The van der Waals surface area contributed by atoms with Crippen molar-refractivity contribution in [2.45, 2.75) is 72.4 Å². The predicted molar refractivity (Wildman–Crippen MR) is 194 cm³/mol. The number of aryl methyl sites for hydroxylation is 1. The lowest BCUT2D eigenvalue weighted by Crippen LogP contribution is -2.48. The minimum Gasteiger partial charge on any atom is -0.494 e. The Morgan fingerprint density at radius 3 is 2.16 bits per heavy atom. The van der Waals surface area contributed by atoms with E-state index in [0.29, 0.717) is 31.6 Å². The molecule has 2 unspecified atom stereocenters. The number of hydrogen-bond donors (Lipinski definition) is 2. The second-order valence-corrected chi connectivity index (χ2v) is 11.0. The van der Waals surface area contributed by atoms with Crippen molar-refractivity contribution in [3.05, 3.63) is 77.6 Å². The first-order chi connectivity index (χ1) is 24.2. The first kappa shape index (κ1) is 45.5. The number of nitrogens with one attached hydrogen (secondary N) is 2. The third kappa shape index (κ3) is 17.2. The molecule has 1 aromatic heterocycles. The van der Waals surface area contributed by atoms with Crippen molar-refractivity contribution in [3.63, 3.8) is 0 Å². The van der Waals surface area contributed by atoms with Crippen LogP contribution in [-0.4, -0.2) is 77.8 Å². The SMILES string of the molecule is C=O.CCCCCC(C(=O)NCNC(=O)c1ccc(-c2cc(C)cc(OCC)c2)o1)C(CC)N(C=O)OCc1ccccc1.COC.COC. The number of ether oxygens (including phenoxy) is 3. The van der Waals surface area contributed by atoms with Crippen LogP contribution >= 0.6 is 0 Å². The number of hydroxylamine groups is 2. The largest absolute Gasteiger partial charge is 0.494 e. The van der Waals surface area contributed by atoms with E-state index < -0.39 is 17.9 Å². The van der Waals surface area contributed by atoms with E-state index in [-0.39, 0.29) is 24.9 Å². The molecule has 0 bridgehead atoms. The lowest BCUT2D eigenvalue weighted by Gasteiger charge is -2.32. The van der Waals surface area contributed by atoms with Crippen LogP contribution in [0.5, 0.6) is 5.75 Å². The fourth-order valence-corrected chi connectivity index (χ4v) is 4.87. The van der Waals surface area contributed by atoms with Crippen LogP contribution in [0.1, 0.15) is 74.6 Å². The van der Waals surface area contributed by atoms with Crippen molar-refractivity contribution in [3.8, 4) is 17.1 Å². The van der Waals surface area contributed by atoms with Gasteiger partial charge in [0, 0.05) is 34.0 Å². The Balaban J connectivity index is 0.00000275. The van der Waals surface area contributed by atoms with Crippen molar-refractivity contribution in [1.82, 2.24) is 15.7 Å². The van der Waals surface area contributed by atoms with E-state index >= 15 is 0 Å². The molecular weight excluding hydrogens is 642 g/mol. The van der Waals surface area contributed by atoms with Gasteiger partial charge in [0.25, 0.3) is 5.91 Å². The first-order valence-corrected chi connectivity index (χ1v) is 16.6. The molecule has 50 heavy (non-hydrogen) atoms. The highest BCUT2D eigenvalue weighted by molar-refractivity contribution is 5.92. The molecule has 12 nitrogen and oxygen atoms in total. The van der Waals surface area contributed by atoms with Crippen molar-refractivity contribution in [2.24, 2.45) is 5.92 Å². The average molecular weight is 700 g/mol. The van der Waals surface area contributed by atoms with Gasteiger partial charge in [0.2, 0.25) is 12.3 Å². The number of rotatable bonds is 18. The summed E-state index contributed by atoms with van der Waals surface area (Å²) < 4.78 is 19.9. The normalized spacial score (nSPS) is 11.1. The fourth-order valence-electron chi connectivity index (χ4n) is 4.87. The number of unbranched alkanes of at least 4 members (excludes halogenated alkanes) is 2. The van der Waals surface area contributed by atoms with Crippen LogP contribution in [0.2, 0.25) is 0 Å². The van der Waals surface area contributed by atoms with Gasteiger partial charge in [-0.3, -0.25) is 19.2 Å². The van der Waals surface area contributed by atoms with E-state index in [0.717, 1.165) is 41.7 Å². The summed E-state index contributed by atoms with van der Waals surface area (Å²) in [4.78, 5) is 52.0. The molecule has 0 spiro atoms. The maximum atomic E-state index is 13.4. The molecule has 0 radical (unpaired) electrons. The van der Waals surface area contributed by atoms with Crippen LogP contribution in [0.3, 0.4) is 0 Å². The molecule has 0 aliphatic carbocycles. The second kappa shape index (κ2) is 28.3. The highest BCUT2D eigenvalue weighted by atomic mass is 16.7. The lowest BCUT2D eigenvalue weighted by molar-refractivity contribution is -0.200. The van der Waals surface area contributed by atoms with Gasteiger partial charge in [0.15, 0.2) is 5.76 Å². The van der Waals surface area contributed by atoms with Gasteiger partial charge in [-0.1, -0.05) is 63.4 Å². The Bertz CT molecular complexity index is 1330. The molecule has 2 N–H and O–H groups in total. The Morgan fingerprint density at radius 1 is 0.920 bits per heavy atom. The fraction of sp³-hybridized carbons (Fsp3) is 0.474. The molecule has 0 fully saturated rings. The number of methoxy groups -OCH3 is 2. The number of benzene rings is 2. The Morgan fingerprint density at radius 2 is 1.58 bits per heavy atom. The van der Waals surface area contributed by atoms with E-state index in [1.54, 1.807) is 40.6 Å². The Hall–Kier alpha value is -4.52. The molecule has 3 amide bonds. The van der Waals surface area contributed by atoms with Gasteiger partial charge >= 0.3 is 0 Å². The molecule has 278 valence electrons. The topological polar surface area (TPSA) is 146 Å². The number of hydrogen-bond acceptors (Lipinski definition) is 9. The zero-order valence-corrected chi connectivity index (χ0v) is 31.0. The molecule has 2 atom stereocenters. The molecular formula is C38H57N3O9. The number of amides is 3. The highest BCUT2D eigenvalue weighted by Crippen LogP contribution is 2.28. The van der Waals surface area contributed by atoms with Gasteiger partial charge < -0.3 is 34.1 Å². The summed E-state index contributed by atoms with van der Waals surface area (Å²) in [7, 11) is 6.50. The summed E-state index contributed by atoms with van der Waals surface area (Å²) in [5.74, 6) is 0.197. The minimum absolute atomic E-state index is 0.0840. The molecule has 0 aliphatic rings. The van der Waals surface area contributed by atoms with Gasteiger partial charge in [-0.2, -0.15) is 0 Å². The molecule has 3 rings (SSSR count). The number of carbonyl (C=O) groups excluding carboxylic acids is 4. The highest BCUT2D eigenvalue weighted by Gasteiger charge is 2.32. The van der Waals surface area contributed by atoms with Crippen LogP contribution in [0.25, 0.3) is 11.3 Å². The van der Waals surface area contributed by atoms with E-state index in [4.69, 9.17) is 18.8 Å². The molecule has 3 aromatic rings. The van der Waals surface area contributed by atoms with Gasteiger partial charge in [-0.25, -0.2) is 5.06 Å². The number of carbonyl (C=O) groups is 4. The van der Waals surface area contributed by atoms with E-state index in [9.17, 15) is 14.4 Å². The van der Waals surface area contributed by atoms with Crippen molar-refractivity contribution in [2.75, 3.05) is 41.7 Å². The maximum Gasteiger partial charge on any atom is 0.288 e. The molecule has 12 heteroatoms. The average Bonchev–Trinajstić information content (AvgIpc) is 3.62. The van der Waals surface area contributed by atoms with Gasteiger partial charge in [-0.05, 0) is 68.1 Å². The molecule has 2 aromatic carbocycles. The molecule has 1 heterocycles. The Labute approximate surface area is 297 Å². The van der Waals surface area contributed by atoms with Crippen molar-refractivity contribution >= 4 is 25.0 Å². The van der Waals surface area contributed by atoms with Gasteiger partial charge in [0.05, 0.1) is 25.2 Å². The summed E-state index contributed by atoms with van der Waals surface area (Å²) >= 11 is 0. The van der Waals surface area contributed by atoms with Crippen molar-refractivity contribution in [1.29, 1.82) is 0 Å². The third-order valence-corrected chi connectivity index (χ3v) is 6.98. The monoisotopic (exact) mass is 699 g/mol. The zero-order valence-electron chi connectivity index (χ0n) is 31.0. The molecule has 0 aliphatic heterocycles. The van der Waals surface area contributed by atoms with Gasteiger partial charge in [-0.15, -0.1) is 0 Å². The summed E-state index contributed by atoms with van der Waals surface area (Å²) in [6.07, 6.45) is 4.57. The van der Waals surface area contributed by atoms with Crippen LogP contribution in [0.4, 0.5) is 0 Å². The second-order valence-electron chi connectivity index (χ2n) is 11.0. The Kier molecular flexibility index (Phi) is 25.8. The maximum absolute atomic E-state index is 13.4. The minimum atomic E-state index is -0.504. The zero-order chi connectivity index (χ0) is 37.7. The smallest absolute Gasteiger partial charge is 0.288 e. The summed E-state index contributed by atoms with van der Waals surface area (Å²) in [6.45, 7) is 10.6. The predicted octanol–water partition coefficient (Wildman–Crippen LogP) is 6.36. The standard InChI is InChI=1S/C33H43N3O6.2C2H6O.CH2O/c1-5-8-10-15-28(29(6-2)36(23-37)41-21-25-13-11-9-12-14-25)32(38)34-22-35-33(39)31-17-16-30(42-31)26-18-24(4)19-27(20-26)40-7-3;2*1-3-2;1-2/h9,11-14,16-20,23,28-29H,5-8,10,15,21-22H2,1-4H3,(H,34,38)(H,35,39);2*1-2H3;1H2. The molecule has 0 saturated carbocycles. The lowest BCUT2D eigenvalue weighted by atomic mass is 9.90. The van der Waals surface area contributed by atoms with E-state index in [1.807, 2.05) is 76.1 Å². The van der Waals surface area contributed by atoms with Crippen LogP contribution in [0.15, 0.2) is 65.1 Å². The van der Waals surface area contributed by atoms with E-state index in [2.05, 4.69) is 27.0 Å². The number of furan rings is 1. The van der Waals surface area contributed by atoms with Crippen LogP contribution < -0.4 is 15.4 Å². The summed E-state index contributed by atoms with van der Waals surface area (Å²) in [6, 6.07) is 18.2. The summed E-state index contributed by atoms with van der Waals surface area (Å²) in [5, 5.41) is 6.78. The molecule has 0 saturated heterocycles. The third-order valence-electron chi connectivity index (χ3n) is 6.98. The van der Waals surface area contributed by atoms with Crippen molar-refractivity contribution < 1.29 is 42.6 Å². The first-order valence-electron chi connectivity index (χ1n) is 16.6.